The van der Waals surface area contributed by atoms with Crippen LogP contribution in [-0.2, 0) is 24.3 Å². The minimum atomic E-state index is -3.75. The molecule has 0 saturated carbocycles. The minimum absolute atomic E-state index is 0.0888. The van der Waals surface area contributed by atoms with Crippen molar-refractivity contribution in [1.82, 2.24) is 4.72 Å². The second-order valence-corrected chi connectivity index (χ2v) is 9.34. The standard InChI is InChI=1S/C19H19Cl3N2O5S/c1-11-3-5-14(6-4-11)30(27,28)23-8-7-17(25)29-12(2)19(26)24-18-15(21)9-13(20)10-16(18)22/h3-6,9-10,12,23H,7-8H2,1-2H3,(H,24,26). The molecule has 7 nitrogen and oxygen atoms in total. The third-order valence-electron chi connectivity index (χ3n) is 3.89. The third kappa shape index (κ3) is 6.85. The van der Waals surface area contributed by atoms with Gasteiger partial charge in [0.15, 0.2) is 6.10 Å². The van der Waals surface area contributed by atoms with E-state index in [-0.39, 0.29) is 33.6 Å². The van der Waals surface area contributed by atoms with Gasteiger partial charge in [-0.05, 0) is 38.1 Å². The van der Waals surface area contributed by atoms with Crippen molar-refractivity contribution >= 4 is 62.4 Å². The molecular formula is C19H19Cl3N2O5S. The average Bonchev–Trinajstić information content (AvgIpc) is 2.64. The van der Waals surface area contributed by atoms with Gasteiger partial charge in [-0.25, -0.2) is 13.1 Å². The zero-order chi connectivity index (χ0) is 22.5. The summed E-state index contributed by atoms with van der Waals surface area (Å²) in [4.78, 5) is 24.3. The maximum Gasteiger partial charge on any atom is 0.307 e. The Hall–Kier alpha value is -1.84. The first-order valence-electron chi connectivity index (χ1n) is 8.71. The predicted octanol–water partition coefficient (Wildman–Crippen LogP) is 4.19. The molecule has 0 aromatic heterocycles. The molecule has 0 radical (unpaired) electrons. The van der Waals surface area contributed by atoms with Gasteiger partial charge < -0.3 is 10.1 Å². The fraction of sp³-hybridized carbons (Fsp3) is 0.263. The van der Waals surface area contributed by atoms with E-state index in [1.165, 1.54) is 31.2 Å². The monoisotopic (exact) mass is 492 g/mol. The summed E-state index contributed by atoms with van der Waals surface area (Å²) in [5.74, 6) is -1.41. The number of nitrogens with one attached hydrogen (secondary N) is 2. The molecule has 0 aliphatic heterocycles. The van der Waals surface area contributed by atoms with Gasteiger partial charge in [0.05, 0.1) is 27.0 Å². The van der Waals surface area contributed by atoms with Gasteiger partial charge in [-0.15, -0.1) is 0 Å². The number of benzene rings is 2. The quantitative estimate of drug-likeness (QED) is 0.537. The van der Waals surface area contributed by atoms with Crippen LogP contribution in [0.2, 0.25) is 15.1 Å². The first-order valence-corrected chi connectivity index (χ1v) is 11.3. The number of rotatable bonds is 8. The van der Waals surface area contributed by atoms with Gasteiger partial charge >= 0.3 is 5.97 Å². The number of halogens is 3. The van der Waals surface area contributed by atoms with E-state index in [1.807, 2.05) is 6.92 Å². The molecule has 2 N–H and O–H groups in total. The van der Waals surface area contributed by atoms with Gasteiger partial charge in [0.25, 0.3) is 5.91 Å². The maximum absolute atomic E-state index is 12.2. The summed E-state index contributed by atoms with van der Waals surface area (Å²) in [5, 5.41) is 3.03. The molecule has 11 heteroatoms. The summed E-state index contributed by atoms with van der Waals surface area (Å²) in [5.41, 5.74) is 1.06. The minimum Gasteiger partial charge on any atom is -0.452 e. The number of ether oxygens (including phenoxy) is 1. The summed E-state index contributed by atoms with van der Waals surface area (Å²) in [6.45, 7) is 3.02. The number of hydrogen-bond acceptors (Lipinski definition) is 5. The zero-order valence-electron chi connectivity index (χ0n) is 16.0. The smallest absolute Gasteiger partial charge is 0.307 e. The Labute approximate surface area is 189 Å². The van der Waals surface area contributed by atoms with Crippen LogP contribution in [0, 0.1) is 6.92 Å². The molecule has 2 aromatic carbocycles. The molecule has 1 atom stereocenters. The Bertz CT molecular complexity index is 1020. The summed E-state index contributed by atoms with van der Waals surface area (Å²) < 4.78 is 31.7. The number of hydrogen-bond donors (Lipinski definition) is 2. The molecule has 2 aromatic rings. The van der Waals surface area contributed by atoms with Crippen molar-refractivity contribution in [2.75, 3.05) is 11.9 Å². The van der Waals surface area contributed by atoms with E-state index in [0.717, 1.165) is 5.56 Å². The van der Waals surface area contributed by atoms with Gasteiger partial charge in [0, 0.05) is 11.6 Å². The molecule has 0 spiro atoms. The van der Waals surface area contributed by atoms with Crippen LogP contribution in [0.4, 0.5) is 5.69 Å². The molecule has 0 fully saturated rings. The Morgan fingerprint density at radius 1 is 1.07 bits per heavy atom. The van der Waals surface area contributed by atoms with Crippen LogP contribution in [0.3, 0.4) is 0 Å². The first kappa shape index (κ1) is 24.4. The predicted molar refractivity (Wildman–Crippen MR) is 117 cm³/mol. The van der Waals surface area contributed by atoms with E-state index in [9.17, 15) is 18.0 Å². The van der Waals surface area contributed by atoms with Crippen LogP contribution in [0.5, 0.6) is 0 Å². The molecule has 0 bridgehead atoms. The second kappa shape index (κ2) is 10.5. The fourth-order valence-electron chi connectivity index (χ4n) is 2.28. The highest BCUT2D eigenvalue weighted by Crippen LogP contribution is 2.33. The summed E-state index contributed by atoms with van der Waals surface area (Å²) in [6.07, 6.45) is -1.42. The second-order valence-electron chi connectivity index (χ2n) is 6.33. The molecular weight excluding hydrogens is 475 g/mol. The van der Waals surface area contributed by atoms with Gasteiger partial charge in [0.2, 0.25) is 10.0 Å². The van der Waals surface area contributed by atoms with E-state index >= 15 is 0 Å². The SMILES string of the molecule is Cc1ccc(S(=O)(=O)NCCC(=O)OC(C)C(=O)Nc2c(Cl)cc(Cl)cc2Cl)cc1. The van der Waals surface area contributed by atoms with Crippen molar-refractivity contribution in [2.24, 2.45) is 0 Å². The van der Waals surface area contributed by atoms with Crippen molar-refractivity contribution in [1.29, 1.82) is 0 Å². The van der Waals surface area contributed by atoms with Gasteiger partial charge in [0.1, 0.15) is 0 Å². The highest BCUT2D eigenvalue weighted by molar-refractivity contribution is 7.89. The Balaban J connectivity index is 1.85. The number of carbonyl (C=O) groups is 2. The number of amides is 1. The zero-order valence-corrected chi connectivity index (χ0v) is 19.1. The van der Waals surface area contributed by atoms with Crippen LogP contribution in [0.1, 0.15) is 18.9 Å². The molecule has 30 heavy (non-hydrogen) atoms. The van der Waals surface area contributed by atoms with Gasteiger partial charge in [-0.2, -0.15) is 0 Å². The largest absolute Gasteiger partial charge is 0.452 e. The van der Waals surface area contributed by atoms with Crippen molar-refractivity contribution in [3.63, 3.8) is 0 Å². The normalized spacial score (nSPS) is 12.3. The number of aryl methyl sites for hydroxylation is 1. The van der Waals surface area contributed by atoms with E-state index in [4.69, 9.17) is 39.5 Å². The van der Waals surface area contributed by atoms with Crippen LogP contribution in [-0.4, -0.2) is 32.9 Å². The van der Waals surface area contributed by atoms with Crippen LogP contribution in [0.15, 0.2) is 41.3 Å². The number of esters is 1. The summed E-state index contributed by atoms with van der Waals surface area (Å²) >= 11 is 17.8. The van der Waals surface area contributed by atoms with Crippen molar-refractivity contribution in [3.8, 4) is 0 Å². The Morgan fingerprint density at radius 3 is 2.20 bits per heavy atom. The summed E-state index contributed by atoms with van der Waals surface area (Å²) in [7, 11) is -3.75. The lowest BCUT2D eigenvalue weighted by Gasteiger charge is -2.15. The third-order valence-corrected chi connectivity index (χ3v) is 6.18. The van der Waals surface area contributed by atoms with E-state index in [0.29, 0.717) is 5.02 Å². The summed E-state index contributed by atoms with van der Waals surface area (Å²) in [6, 6.07) is 9.08. The van der Waals surface area contributed by atoms with E-state index in [2.05, 4.69) is 10.0 Å². The van der Waals surface area contributed by atoms with Crippen LogP contribution >= 0.6 is 34.8 Å². The molecule has 0 heterocycles. The number of sulfonamides is 1. The lowest BCUT2D eigenvalue weighted by Crippen LogP contribution is -2.32. The highest BCUT2D eigenvalue weighted by atomic mass is 35.5. The van der Waals surface area contributed by atoms with Crippen molar-refractivity contribution in [2.45, 2.75) is 31.3 Å². The van der Waals surface area contributed by atoms with E-state index in [1.54, 1.807) is 12.1 Å². The fourth-order valence-corrected chi connectivity index (χ4v) is 4.23. The van der Waals surface area contributed by atoms with Crippen molar-refractivity contribution < 1.29 is 22.7 Å². The first-order chi connectivity index (χ1) is 14.0. The van der Waals surface area contributed by atoms with Gasteiger partial charge in [-0.3, -0.25) is 9.59 Å². The Kier molecular flexibility index (Phi) is 8.52. The van der Waals surface area contributed by atoms with Crippen molar-refractivity contribution in [3.05, 3.63) is 57.0 Å². The van der Waals surface area contributed by atoms with Gasteiger partial charge in [-0.1, -0.05) is 52.5 Å². The maximum atomic E-state index is 12.2. The molecule has 2 rings (SSSR count). The molecule has 1 amide bonds. The van der Waals surface area contributed by atoms with E-state index < -0.39 is 28.0 Å². The topological polar surface area (TPSA) is 102 Å². The highest BCUT2D eigenvalue weighted by Gasteiger charge is 2.21. The molecule has 0 saturated heterocycles. The molecule has 162 valence electrons. The lowest BCUT2D eigenvalue weighted by molar-refractivity contribution is -0.152. The number of anilines is 1. The Morgan fingerprint density at radius 2 is 1.63 bits per heavy atom. The number of carbonyl (C=O) groups excluding carboxylic acids is 2. The van der Waals surface area contributed by atoms with Crippen LogP contribution < -0.4 is 10.0 Å². The lowest BCUT2D eigenvalue weighted by atomic mass is 10.2. The average molecular weight is 494 g/mol. The molecule has 1 unspecified atom stereocenters. The van der Waals surface area contributed by atoms with Crippen LogP contribution in [0.25, 0.3) is 0 Å². The molecule has 0 aliphatic rings. The molecule has 0 aliphatic carbocycles.